The molecule has 0 spiro atoms. The monoisotopic (exact) mass is 413 g/mol. The lowest BCUT2D eigenvalue weighted by Crippen LogP contribution is -2.37. The van der Waals surface area contributed by atoms with E-state index in [4.69, 9.17) is 4.42 Å². The van der Waals surface area contributed by atoms with Crippen LogP contribution in [0.5, 0.6) is 0 Å². The molecule has 0 atom stereocenters. The third-order valence-corrected chi connectivity index (χ3v) is 4.09. The van der Waals surface area contributed by atoms with E-state index >= 15 is 0 Å². The Balaban J connectivity index is 1.73. The van der Waals surface area contributed by atoms with Crippen molar-refractivity contribution in [2.24, 2.45) is 0 Å². The van der Waals surface area contributed by atoms with Gasteiger partial charge in [-0.15, -0.1) is 0 Å². The molecule has 26 heavy (non-hydrogen) atoms. The van der Waals surface area contributed by atoms with Crippen molar-refractivity contribution < 1.29 is 14.0 Å². The van der Waals surface area contributed by atoms with Gasteiger partial charge in [0.2, 0.25) is 5.91 Å². The molecule has 132 valence electrons. The molecule has 0 saturated heterocycles. The Morgan fingerprint density at radius 2 is 1.88 bits per heavy atom. The lowest BCUT2D eigenvalue weighted by Gasteiger charge is -2.21. The van der Waals surface area contributed by atoms with Gasteiger partial charge in [0, 0.05) is 16.4 Å². The zero-order valence-corrected chi connectivity index (χ0v) is 15.3. The van der Waals surface area contributed by atoms with Gasteiger partial charge >= 0.3 is 0 Å². The number of furan rings is 1. The highest BCUT2D eigenvalue weighted by atomic mass is 79.9. The van der Waals surface area contributed by atoms with Crippen LogP contribution in [0.1, 0.15) is 16.2 Å². The molecule has 1 N–H and O–H groups in total. The number of amides is 2. The number of benzene rings is 1. The molecule has 2 amide bonds. The first-order valence-electron chi connectivity index (χ1n) is 7.90. The van der Waals surface area contributed by atoms with E-state index in [2.05, 4.69) is 26.2 Å². The highest BCUT2D eigenvalue weighted by molar-refractivity contribution is 9.10. The normalized spacial score (nSPS) is 10.3. The van der Waals surface area contributed by atoms with E-state index in [1.54, 1.807) is 48.7 Å². The van der Waals surface area contributed by atoms with Crippen molar-refractivity contribution in [3.05, 3.63) is 83.0 Å². The first-order valence-corrected chi connectivity index (χ1v) is 8.69. The minimum Gasteiger partial charge on any atom is -0.467 e. The van der Waals surface area contributed by atoms with Gasteiger partial charge in [-0.3, -0.25) is 14.6 Å². The van der Waals surface area contributed by atoms with Crippen molar-refractivity contribution in [2.45, 2.75) is 6.54 Å². The van der Waals surface area contributed by atoms with E-state index in [0.717, 1.165) is 4.47 Å². The van der Waals surface area contributed by atoms with Crippen LogP contribution >= 0.6 is 15.9 Å². The predicted molar refractivity (Wildman–Crippen MR) is 100 cm³/mol. The maximum Gasteiger partial charge on any atom is 0.273 e. The molecule has 6 nitrogen and oxygen atoms in total. The van der Waals surface area contributed by atoms with Crippen molar-refractivity contribution in [1.82, 2.24) is 9.88 Å². The van der Waals surface area contributed by atoms with Crippen molar-refractivity contribution >= 4 is 33.4 Å². The van der Waals surface area contributed by atoms with Crippen molar-refractivity contribution in [1.29, 1.82) is 0 Å². The molecule has 0 radical (unpaired) electrons. The van der Waals surface area contributed by atoms with Crippen molar-refractivity contribution in [2.75, 3.05) is 11.9 Å². The first kappa shape index (κ1) is 17.9. The molecule has 0 fully saturated rings. The van der Waals surface area contributed by atoms with Gasteiger partial charge in [-0.25, -0.2) is 0 Å². The summed E-state index contributed by atoms with van der Waals surface area (Å²) in [4.78, 5) is 30.6. The van der Waals surface area contributed by atoms with E-state index in [-0.39, 0.29) is 30.6 Å². The summed E-state index contributed by atoms with van der Waals surface area (Å²) in [5, 5.41) is 2.78. The highest BCUT2D eigenvalue weighted by Gasteiger charge is 2.21. The fourth-order valence-electron chi connectivity index (χ4n) is 2.35. The van der Waals surface area contributed by atoms with Crippen LogP contribution in [0.4, 0.5) is 5.69 Å². The summed E-state index contributed by atoms with van der Waals surface area (Å²) in [7, 11) is 0. The van der Waals surface area contributed by atoms with Gasteiger partial charge in [0.25, 0.3) is 5.91 Å². The number of halogens is 1. The SMILES string of the molecule is O=C(CN(Cc1ccco1)C(=O)c1ccccn1)Nc1ccc(Br)cc1. The van der Waals surface area contributed by atoms with E-state index in [1.165, 1.54) is 11.2 Å². The molecule has 0 unspecified atom stereocenters. The van der Waals surface area contributed by atoms with E-state index in [9.17, 15) is 9.59 Å². The van der Waals surface area contributed by atoms with Crippen LogP contribution in [0.3, 0.4) is 0 Å². The number of carbonyl (C=O) groups excluding carboxylic acids is 2. The standard InChI is InChI=1S/C19H16BrN3O3/c20-14-6-8-15(9-7-14)22-18(24)13-23(12-16-4-3-11-26-16)19(25)17-5-1-2-10-21-17/h1-11H,12-13H2,(H,22,24). The molecule has 3 aromatic rings. The number of nitrogens with zero attached hydrogens (tertiary/aromatic N) is 2. The molecule has 0 aliphatic rings. The molecule has 2 aromatic heterocycles. The number of carbonyl (C=O) groups is 2. The largest absolute Gasteiger partial charge is 0.467 e. The van der Waals surface area contributed by atoms with Crippen LogP contribution in [0.15, 0.2) is 75.9 Å². The Labute approximate surface area is 159 Å². The van der Waals surface area contributed by atoms with Gasteiger partial charge in [-0.2, -0.15) is 0 Å². The zero-order chi connectivity index (χ0) is 18.4. The zero-order valence-electron chi connectivity index (χ0n) is 13.8. The summed E-state index contributed by atoms with van der Waals surface area (Å²) in [5.74, 6) is -0.0539. The molecule has 1 aromatic carbocycles. The second kappa shape index (κ2) is 8.44. The Bertz CT molecular complexity index is 865. The molecule has 7 heteroatoms. The first-order chi connectivity index (χ1) is 12.6. The topological polar surface area (TPSA) is 75.4 Å². The van der Waals surface area contributed by atoms with E-state index in [1.807, 2.05) is 12.1 Å². The summed E-state index contributed by atoms with van der Waals surface area (Å²) in [6.07, 6.45) is 3.07. The molecule has 0 aliphatic heterocycles. The summed E-state index contributed by atoms with van der Waals surface area (Å²) in [5.41, 5.74) is 0.928. The molecule has 0 aliphatic carbocycles. The average molecular weight is 414 g/mol. The number of hydrogen-bond acceptors (Lipinski definition) is 4. The van der Waals surface area contributed by atoms with E-state index in [0.29, 0.717) is 11.4 Å². The van der Waals surface area contributed by atoms with Gasteiger partial charge in [0.05, 0.1) is 12.8 Å². The Kier molecular flexibility index (Phi) is 5.80. The van der Waals surface area contributed by atoms with Gasteiger partial charge in [-0.05, 0) is 48.5 Å². The number of pyridine rings is 1. The summed E-state index contributed by atoms with van der Waals surface area (Å²) >= 11 is 3.35. The van der Waals surface area contributed by atoms with Gasteiger partial charge in [0.1, 0.15) is 18.0 Å². The maximum atomic E-state index is 12.7. The lowest BCUT2D eigenvalue weighted by atomic mass is 10.2. The van der Waals surface area contributed by atoms with Crippen LogP contribution in [0.25, 0.3) is 0 Å². The molecular formula is C19H16BrN3O3. The predicted octanol–water partition coefficient (Wildman–Crippen LogP) is 3.72. The number of aromatic nitrogens is 1. The van der Waals surface area contributed by atoms with Crippen LogP contribution in [-0.4, -0.2) is 28.2 Å². The summed E-state index contributed by atoms with van der Waals surface area (Å²) < 4.78 is 6.23. The fraction of sp³-hybridized carbons (Fsp3) is 0.105. The lowest BCUT2D eigenvalue weighted by molar-refractivity contribution is -0.117. The third kappa shape index (κ3) is 4.80. The minimum atomic E-state index is -0.340. The summed E-state index contributed by atoms with van der Waals surface area (Å²) in [6, 6.07) is 15.8. The molecule has 2 heterocycles. The number of anilines is 1. The van der Waals surface area contributed by atoms with Crippen LogP contribution in [-0.2, 0) is 11.3 Å². The average Bonchev–Trinajstić information content (AvgIpc) is 3.16. The molecule has 0 bridgehead atoms. The van der Waals surface area contributed by atoms with Crippen molar-refractivity contribution in [3.8, 4) is 0 Å². The Morgan fingerprint density at radius 3 is 2.54 bits per heavy atom. The summed E-state index contributed by atoms with van der Waals surface area (Å²) in [6.45, 7) is 0.0579. The number of hydrogen-bond donors (Lipinski definition) is 1. The fourth-order valence-corrected chi connectivity index (χ4v) is 2.61. The van der Waals surface area contributed by atoms with Crippen LogP contribution < -0.4 is 5.32 Å². The smallest absolute Gasteiger partial charge is 0.273 e. The Morgan fingerprint density at radius 1 is 1.08 bits per heavy atom. The van der Waals surface area contributed by atoms with Gasteiger partial charge < -0.3 is 14.6 Å². The second-order valence-corrected chi connectivity index (χ2v) is 6.43. The third-order valence-electron chi connectivity index (χ3n) is 3.56. The molecular weight excluding hydrogens is 398 g/mol. The highest BCUT2D eigenvalue weighted by Crippen LogP contribution is 2.15. The molecule has 3 rings (SSSR count). The van der Waals surface area contributed by atoms with Crippen molar-refractivity contribution in [3.63, 3.8) is 0 Å². The van der Waals surface area contributed by atoms with Gasteiger partial charge in [0.15, 0.2) is 0 Å². The van der Waals surface area contributed by atoms with Crippen LogP contribution in [0, 0.1) is 0 Å². The minimum absolute atomic E-state index is 0.119. The maximum absolute atomic E-state index is 12.7. The number of rotatable bonds is 6. The Hall–Kier alpha value is -2.93. The van der Waals surface area contributed by atoms with Gasteiger partial charge in [-0.1, -0.05) is 22.0 Å². The number of nitrogens with one attached hydrogen (secondary N) is 1. The molecule has 0 saturated carbocycles. The quantitative estimate of drug-likeness (QED) is 0.667. The van der Waals surface area contributed by atoms with E-state index < -0.39 is 0 Å². The second-order valence-electron chi connectivity index (χ2n) is 5.51. The van der Waals surface area contributed by atoms with Crippen LogP contribution in [0.2, 0.25) is 0 Å².